The van der Waals surface area contributed by atoms with Crippen LogP contribution in [-0.4, -0.2) is 55.7 Å². The molecule has 1 atom stereocenters. The molecule has 0 aromatic rings. The third-order valence-corrected chi connectivity index (χ3v) is 3.13. The van der Waals surface area contributed by atoms with Crippen LogP contribution in [0.4, 0.5) is 0 Å². The fourth-order valence-electron chi connectivity index (χ4n) is 2.11. The van der Waals surface area contributed by atoms with Gasteiger partial charge in [-0.25, -0.2) is 0 Å². The van der Waals surface area contributed by atoms with Crippen molar-refractivity contribution < 1.29 is 9.53 Å². The van der Waals surface area contributed by atoms with Crippen LogP contribution in [0.25, 0.3) is 0 Å². The summed E-state index contributed by atoms with van der Waals surface area (Å²) < 4.78 is 5.25. The molecule has 0 spiro atoms. The third-order valence-electron chi connectivity index (χ3n) is 3.13. The highest BCUT2D eigenvalue weighted by atomic mass is 127. The number of hydrogen-bond acceptors (Lipinski definition) is 3. The van der Waals surface area contributed by atoms with Gasteiger partial charge in [-0.3, -0.25) is 9.79 Å². The van der Waals surface area contributed by atoms with E-state index in [9.17, 15) is 4.79 Å². The minimum atomic E-state index is 0. The molecule has 1 amide bonds. The van der Waals surface area contributed by atoms with Crippen LogP contribution < -0.4 is 11.1 Å². The van der Waals surface area contributed by atoms with Gasteiger partial charge in [0.2, 0.25) is 5.91 Å². The monoisotopic (exact) mass is 368 g/mol. The van der Waals surface area contributed by atoms with Gasteiger partial charge in [-0.15, -0.1) is 24.0 Å². The van der Waals surface area contributed by atoms with Crippen molar-refractivity contribution in [3.05, 3.63) is 0 Å². The van der Waals surface area contributed by atoms with E-state index in [0.717, 1.165) is 25.9 Å². The second-order valence-corrected chi connectivity index (χ2v) is 4.45. The molecule has 2 heterocycles. The van der Waals surface area contributed by atoms with Crippen molar-refractivity contribution >= 4 is 35.8 Å². The molecule has 18 heavy (non-hydrogen) atoms. The van der Waals surface area contributed by atoms with Crippen LogP contribution in [0, 0.1) is 0 Å². The molecule has 0 bridgehead atoms. The topological polar surface area (TPSA) is 79.9 Å². The van der Waals surface area contributed by atoms with Crippen LogP contribution in [0.1, 0.15) is 19.3 Å². The number of guanidine groups is 1. The van der Waals surface area contributed by atoms with E-state index in [1.54, 1.807) is 0 Å². The number of hydrogen-bond donors (Lipinski definition) is 2. The van der Waals surface area contributed by atoms with Crippen LogP contribution in [0.5, 0.6) is 0 Å². The van der Waals surface area contributed by atoms with Gasteiger partial charge in [-0.1, -0.05) is 0 Å². The lowest BCUT2D eigenvalue weighted by Crippen LogP contribution is -2.46. The number of aliphatic imine (C=N–C) groups is 1. The summed E-state index contributed by atoms with van der Waals surface area (Å²) in [6.07, 6.45) is 2.58. The quantitative estimate of drug-likeness (QED) is 0.406. The summed E-state index contributed by atoms with van der Waals surface area (Å²) in [5.41, 5.74) is 5.91. The summed E-state index contributed by atoms with van der Waals surface area (Å²) in [7, 11) is 0. The summed E-state index contributed by atoms with van der Waals surface area (Å²) in [5.74, 6) is 0.689. The van der Waals surface area contributed by atoms with Crippen molar-refractivity contribution in [3.8, 4) is 0 Å². The van der Waals surface area contributed by atoms with Crippen LogP contribution >= 0.6 is 24.0 Å². The highest BCUT2D eigenvalue weighted by Gasteiger charge is 2.18. The van der Waals surface area contributed by atoms with Gasteiger partial charge in [0.25, 0.3) is 0 Å². The maximum absolute atomic E-state index is 11.2. The van der Waals surface area contributed by atoms with Crippen LogP contribution in [-0.2, 0) is 9.53 Å². The number of carbonyl (C=O) groups is 1. The molecular weight excluding hydrogens is 347 g/mol. The van der Waals surface area contributed by atoms with Crippen LogP contribution in [0.2, 0.25) is 0 Å². The zero-order chi connectivity index (χ0) is 12.1. The molecule has 2 rings (SSSR count). The van der Waals surface area contributed by atoms with E-state index < -0.39 is 0 Å². The molecule has 1 unspecified atom stereocenters. The largest absolute Gasteiger partial charge is 0.378 e. The normalized spacial score (nSPS) is 25.3. The molecule has 0 aromatic heterocycles. The minimum absolute atomic E-state index is 0. The fraction of sp³-hybridized carbons (Fsp3) is 0.818. The smallest absolute Gasteiger partial charge is 0.220 e. The maximum atomic E-state index is 11.2. The molecule has 2 aliphatic rings. The number of nitrogens with zero attached hydrogens (tertiary/aromatic N) is 2. The minimum Gasteiger partial charge on any atom is -0.378 e. The lowest BCUT2D eigenvalue weighted by Gasteiger charge is -2.28. The number of ether oxygens (including phenoxy) is 1. The standard InChI is InChI=1S/C11H20N4O2.HI/c12-11(15-4-6-17-7-5-15)13-8-9-2-1-3-10(16)14-9;/h9H,1-8H2,(H2,12,13)(H,14,16);1H. The molecule has 2 saturated heterocycles. The second kappa shape index (κ2) is 7.78. The highest BCUT2D eigenvalue weighted by molar-refractivity contribution is 14.0. The molecule has 0 saturated carbocycles. The first kappa shape index (κ1) is 15.5. The number of rotatable bonds is 2. The lowest BCUT2D eigenvalue weighted by molar-refractivity contribution is -0.123. The molecule has 6 nitrogen and oxygen atoms in total. The molecule has 104 valence electrons. The van der Waals surface area contributed by atoms with Gasteiger partial charge in [-0.05, 0) is 12.8 Å². The Balaban J connectivity index is 0.00000162. The van der Waals surface area contributed by atoms with Gasteiger partial charge >= 0.3 is 0 Å². The Morgan fingerprint density at radius 1 is 1.50 bits per heavy atom. The molecule has 0 aliphatic carbocycles. The van der Waals surface area contributed by atoms with Gasteiger partial charge < -0.3 is 20.7 Å². The highest BCUT2D eigenvalue weighted by Crippen LogP contribution is 2.08. The van der Waals surface area contributed by atoms with Gasteiger partial charge in [-0.2, -0.15) is 0 Å². The van der Waals surface area contributed by atoms with Gasteiger partial charge in [0.05, 0.1) is 19.8 Å². The number of nitrogens with two attached hydrogens (primary N) is 1. The van der Waals surface area contributed by atoms with E-state index in [-0.39, 0.29) is 35.9 Å². The molecule has 2 fully saturated rings. The van der Waals surface area contributed by atoms with E-state index in [0.29, 0.717) is 32.1 Å². The Morgan fingerprint density at radius 2 is 2.22 bits per heavy atom. The fourth-order valence-corrected chi connectivity index (χ4v) is 2.11. The Bertz CT molecular complexity index is 305. The van der Waals surface area contributed by atoms with Crippen molar-refractivity contribution in [2.45, 2.75) is 25.3 Å². The van der Waals surface area contributed by atoms with Gasteiger partial charge in [0.15, 0.2) is 5.96 Å². The Kier molecular flexibility index (Phi) is 6.69. The zero-order valence-corrected chi connectivity index (χ0v) is 12.8. The molecular formula is C11H21IN4O2. The van der Waals surface area contributed by atoms with Crippen molar-refractivity contribution in [2.24, 2.45) is 10.7 Å². The van der Waals surface area contributed by atoms with E-state index in [2.05, 4.69) is 10.3 Å². The summed E-state index contributed by atoms with van der Waals surface area (Å²) in [6, 6.07) is 0.149. The number of morpholine rings is 1. The SMILES string of the molecule is I.NC(=NCC1CCCC(=O)N1)N1CCOCC1. The predicted octanol–water partition coefficient (Wildman–Crippen LogP) is -0.0800. The number of halogens is 1. The molecule has 2 aliphatic heterocycles. The first-order valence-electron chi connectivity index (χ1n) is 6.17. The molecule has 3 N–H and O–H groups in total. The third kappa shape index (κ3) is 4.60. The van der Waals surface area contributed by atoms with Crippen LogP contribution in [0.15, 0.2) is 4.99 Å². The van der Waals surface area contributed by atoms with E-state index in [1.165, 1.54) is 0 Å². The predicted molar refractivity (Wildman–Crippen MR) is 80.1 cm³/mol. The van der Waals surface area contributed by atoms with Crippen molar-refractivity contribution in [1.82, 2.24) is 10.2 Å². The maximum Gasteiger partial charge on any atom is 0.220 e. The van der Waals surface area contributed by atoms with Crippen molar-refractivity contribution in [1.29, 1.82) is 0 Å². The number of piperidine rings is 1. The Hall–Kier alpha value is -0.570. The number of amides is 1. The summed E-state index contributed by atoms with van der Waals surface area (Å²) >= 11 is 0. The van der Waals surface area contributed by atoms with Gasteiger partial charge in [0, 0.05) is 25.6 Å². The first-order valence-corrected chi connectivity index (χ1v) is 6.17. The van der Waals surface area contributed by atoms with Crippen molar-refractivity contribution in [3.63, 3.8) is 0 Å². The van der Waals surface area contributed by atoms with Crippen molar-refractivity contribution in [2.75, 3.05) is 32.8 Å². The lowest BCUT2D eigenvalue weighted by atomic mass is 10.0. The van der Waals surface area contributed by atoms with E-state index in [4.69, 9.17) is 10.5 Å². The van der Waals surface area contributed by atoms with E-state index in [1.807, 2.05) is 4.90 Å². The Labute approximate surface area is 124 Å². The van der Waals surface area contributed by atoms with Crippen LogP contribution in [0.3, 0.4) is 0 Å². The average molecular weight is 368 g/mol. The zero-order valence-electron chi connectivity index (χ0n) is 10.4. The summed E-state index contributed by atoms with van der Waals surface area (Å²) in [5, 5.41) is 2.93. The molecule has 7 heteroatoms. The first-order chi connectivity index (χ1) is 8.25. The second-order valence-electron chi connectivity index (χ2n) is 4.45. The Morgan fingerprint density at radius 3 is 2.89 bits per heavy atom. The molecule has 0 radical (unpaired) electrons. The number of nitrogens with one attached hydrogen (secondary N) is 1. The molecule has 0 aromatic carbocycles. The average Bonchev–Trinajstić information content (AvgIpc) is 2.37. The summed E-state index contributed by atoms with van der Waals surface area (Å²) in [4.78, 5) is 17.6. The van der Waals surface area contributed by atoms with E-state index >= 15 is 0 Å². The summed E-state index contributed by atoms with van der Waals surface area (Å²) in [6.45, 7) is 3.58. The number of carbonyl (C=O) groups excluding carboxylic acids is 1. The van der Waals surface area contributed by atoms with Gasteiger partial charge in [0.1, 0.15) is 0 Å².